The number of hydrogen-bond acceptors (Lipinski definition) is 6. The standard InChI is InChI=1S/C12H16O6S3/c1-19(13,14)11-7-10-8-3-5-9(6-4-8)12(10,20(2,15)16)21(11,17)18/h3,5,7-10H,4,6H2,1-2H3/t8-,9+,10+,12-/m0/s1. The summed E-state index contributed by atoms with van der Waals surface area (Å²) in [5.41, 5.74) is 0. The lowest BCUT2D eigenvalue weighted by Crippen LogP contribution is -2.59. The molecule has 6 nitrogen and oxygen atoms in total. The van der Waals surface area contributed by atoms with E-state index in [2.05, 4.69) is 0 Å². The Hall–Kier alpha value is -0.670. The van der Waals surface area contributed by atoms with Gasteiger partial charge in [0.1, 0.15) is 0 Å². The zero-order valence-corrected chi connectivity index (χ0v) is 14.0. The summed E-state index contributed by atoms with van der Waals surface area (Å²) in [6.07, 6.45) is 7.42. The van der Waals surface area contributed by atoms with Crippen LogP contribution in [0.3, 0.4) is 0 Å². The van der Waals surface area contributed by atoms with Gasteiger partial charge in [-0.2, -0.15) is 0 Å². The molecule has 4 aliphatic rings. The molecular formula is C12H16O6S3. The second-order valence-electron chi connectivity index (χ2n) is 6.01. The van der Waals surface area contributed by atoms with E-state index in [0.29, 0.717) is 12.8 Å². The van der Waals surface area contributed by atoms with Crippen molar-refractivity contribution < 1.29 is 25.3 Å². The number of allylic oxidation sites excluding steroid dienone is 3. The van der Waals surface area contributed by atoms with E-state index in [-0.39, 0.29) is 5.92 Å². The van der Waals surface area contributed by atoms with Crippen LogP contribution in [0.2, 0.25) is 0 Å². The molecule has 0 N–H and O–H groups in total. The minimum atomic E-state index is -4.46. The molecule has 0 unspecified atom stereocenters. The van der Waals surface area contributed by atoms with E-state index in [0.717, 1.165) is 18.6 Å². The Bertz CT molecular complexity index is 875. The first-order valence-electron chi connectivity index (χ1n) is 6.48. The predicted molar refractivity (Wildman–Crippen MR) is 78.3 cm³/mol. The molecule has 0 radical (unpaired) electrons. The monoisotopic (exact) mass is 352 g/mol. The molecule has 0 aromatic carbocycles. The van der Waals surface area contributed by atoms with Gasteiger partial charge in [0.05, 0.1) is 0 Å². The summed E-state index contributed by atoms with van der Waals surface area (Å²) in [6.45, 7) is 0. The Kier molecular flexibility index (Phi) is 2.90. The number of hydrogen-bond donors (Lipinski definition) is 0. The first-order valence-corrected chi connectivity index (χ1v) is 11.7. The van der Waals surface area contributed by atoms with Gasteiger partial charge in [-0.1, -0.05) is 12.2 Å². The highest BCUT2D eigenvalue weighted by Gasteiger charge is 2.71. The van der Waals surface area contributed by atoms with E-state index in [1.165, 1.54) is 0 Å². The van der Waals surface area contributed by atoms with Gasteiger partial charge in [-0.25, -0.2) is 25.3 Å². The van der Waals surface area contributed by atoms with Gasteiger partial charge in [0.25, 0.3) is 0 Å². The molecular weight excluding hydrogens is 336 g/mol. The van der Waals surface area contributed by atoms with Crippen LogP contribution in [-0.4, -0.2) is 41.8 Å². The number of fused-ring (bicyclic) bond motifs is 1. The molecule has 118 valence electrons. The predicted octanol–water partition coefficient (Wildman–Crippen LogP) is 0.254. The molecule has 0 spiro atoms. The molecule has 4 rings (SSSR count). The van der Waals surface area contributed by atoms with Crippen molar-refractivity contribution in [1.29, 1.82) is 0 Å². The topological polar surface area (TPSA) is 102 Å². The highest BCUT2D eigenvalue weighted by atomic mass is 32.3. The van der Waals surface area contributed by atoms with Crippen LogP contribution >= 0.6 is 0 Å². The van der Waals surface area contributed by atoms with Crippen molar-refractivity contribution in [3.8, 4) is 0 Å². The molecule has 1 saturated carbocycles. The lowest BCUT2D eigenvalue weighted by atomic mass is 9.68. The molecule has 4 atom stereocenters. The van der Waals surface area contributed by atoms with Gasteiger partial charge in [-0.05, 0) is 24.8 Å². The summed E-state index contributed by atoms with van der Waals surface area (Å²) in [4.78, 5) is 0. The average molecular weight is 352 g/mol. The van der Waals surface area contributed by atoms with Crippen LogP contribution in [-0.2, 0) is 29.5 Å². The van der Waals surface area contributed by atoms with E-state index >= 15 is 0 Å². The second kappa shape index (κ2) is 3.99. The lowest BCUT2D eigenvalue weighted by Gasteiger charge is -2.48. The number of sulfone groups is 3. The van der Waals surface area contributed by atoms with Crippen molar-refractivity contribution in [3.63, 3.8) is 0 Å². The third kappa shape index (κ3) is 1.65. The van der Waals surface area contributed by atoms with Gasteiger partial charge >= 0.3 is 0 Å². The minimum absolute atomic E-state index is 0.251. The van der Waals surface area contributed by atoms with Gasteiger partial charge < -0.3 is 0 Å². The molecule has 0 saturated heterocycles. The van der Waals surface area contributed by atoms with Gasteiger partial charge in [-0.15, -0.1) is 0 Å². The summed E-state index contributed by atoms with van der Waals surface area (Å²) in [7, 11) is -12.5. The molecule has 9 heteroatoms. The third-order valence-corrected chi connectivity index (χ3v) is 12.6. The fraction of sp³-hybridized carbons (Fsp3) is 0.667. The quantitative estimate of drug-likeness (QED) is 0.660. The molecule has 0 aromatic rings. The van der Waals surface area contributed by atoms with E-state index in [4.69, 9.17) is 0 Å². The Morgan fingerprint density at radius 3 is 2.10 bits per heavy atom. The molecule has 3 aliphatic carbocycles. The SMILES string of the molecule is CS(=O)(=O)C1=C[C@@H]2[C@H]3C=C[C@H](CC3)[C@]2(S(C)(=O)=O)S1(=O)=O. The van der Waals surface area contributed by atoms with Crippen molar-refractivity contribution in [2.75, 3.05) is 12.5 Å². The van der Waals surface area contributed by atoms with Crippen LogP contribution in [0.5, 0.6) is 0 Å². The largest absolute Gasteiger partial charge is 0.227 e. The molecule has 2 bridgehead atoms. The summed E-state index contributed by atoms with van der Waals surface area (Å²) in [5.74, 6) is -1.76. The smallest absolute Gasteiger partial charge is 0.210 e. The van der Waals surface area contributed by atoms with Gasteiger partial charge in [0.15, 0.2) is 28.0 Å². The molecule has 0 aromatic heterocycles. The van der Waals surface area contributed by atoms with E-state index < -0.39 is 49.7 Å². The van der Waals surface area contributed by atoms with Crippen molar-refractivity contribution >= 4 is 29.5 Å². The molecule has 1 fully saturated rings. The van der Waals surface area contributed by atoms with Gasteiger partial charge in [0.2, 0.25) is 9.84 Å². The number of rotatable bonds is 2. The first-order chi connectivity index (χ1) is 9.44. The second-order valence-corrected chi connectivity index (χ2v) is 12.9. The van der Waals surface area contributed by atoms with E-state index in [9.17, 15) is 25.3 Å². The lowest BCUT2D eigenvalue weighted by molar-refractivity contribution is 0.241. The summed E-state index contributed by atoms with van der Waals surface area (Å²) < 4.78 is 71.5. The fourth-order valence-electron chi connectivity index (χ4n) is 4.08. The minimum Gasteiger partial charge on any atom is -0.227 e. The molecule has 0 amide bonds. The Morgan fingerprint density at radius 1 is 1.10 bits per heavy atom. The Balaban J connectivity index is 2.42. The maximum atomic E-state index is 12.9. The summed E-state index contributed by atoms with van der Waals surface area (Å²) >= 11 is 0. The van der Waals surface area contributed by atoms with Gasteiger partial charge in [-0.3, -0.25) is 0 Å². The first kappa shape index (κ1) is 15.2. The maximum absolute atomic E-state index is 12.9. The molecule has 1 aliphatic heterocycles. The Labute approximate surface area is 124 Å². The van der Waals surface area contributed by atoms with Gasteiger partial charge in [0, 0.05) is 24.3 Å². The van der Waals surface area contributed by atoms with Crippen molar-refractivity contribution in [1.82, 2.24) is 0 Å². The highest BCUT2D eigenvalue weighted by Crippen LogP contribution is 2.60. The van der Waals surface area contributed by atoms with Crippen LogP contribution < -0.4 is 0 Å². The normalized spacial score (nSPS) is 40.9. The fourth-order valence-corrected chi connectivity index (χ4v) is 11.8. The van der Waals surface area contributed by atoms with E-state index in [1.807, 2.05) is 6.08 Å². The van der Waals surface area contributed by atoms with Crippen molar-refractivity contribution in [2.24, 2.45) is 17.8 Å². The van der Waals surface area contributed by atoms with Crippen LogP contribution in [0.15, 0.2) is 22.5 Å². The highest BCUT2D eigenvalue weighted by molar-refractivity contribution is 8.21. The van der Waals surface area contributed by atoms with Crippen molar-refractivity contribution in [3.05, 3.63) is 22.5 Å². The summed E-state index contributed by atoms with van der Waals surface area (Å²) in [5, 5.41) is 0. The van der Waals surface area contributed by atoms with Crippen LogP contribution in [0.25, 0.3) is 0 Å². The molecule has 1 heterocycles. The van der Waals surface area contributed by atoms with Crippen molar-refractivity contribution in [2.45, 2.75) is 16.9 Å². The molecule has 21 heavy (non-hydrogen) atoms. The van der Waals surface area contributed by atoms with Crippen LogP contribution in [0, 0.1) is 17.8 Å². The zero-order chi connectivity index (χ0) is 15.8. The zero-order valence-electron chi connectivity index (χ0n) is 11.6. The maximum Gasteiger partial charge on any atom is 0.210 e. The van der Waals surface area contributed by atoms with E-state index in [1.54, 1.807) is 6.08 Å². The van der Waals surface area contributed by atoms with Crippen LogP contribution in [0.1, 0.15) is 12.8 Å². The summed E-state index contributed by atoms with van der Waals surface area (Å²) in [6, 6.07) is 0. The third-order valence-electron chi connectivity index (χ3n) is 4.79. The average Bonchev–Trinajstić information content (AvgIpc) is 2.61. The van der Waals surface area contributed by atoms with Crippen LogP contribution in [0.4, 0.5) is 0 Å². The Morgan fingerprint density at radius 2 is 1.71 bits per heavy atom.